The predicted molar refractivity (Wildman–Crippen MR) is 130 cm³/mol. The molecule has 0 aliphatic rings. The van der Waals surface area contributed by atoms with Gasteiger partial charge in [0.15, 0.2) is 0 Å². The first-order valence-corrected chi connectivity index (χ1v) is 11.8. The highest BCUT2D eigenvalue weighted by Gasteiger charge is 2.18. The van der Waals surface area contributed by atoms with Crippen LogP contribution in [0.2, 0.25) is 10.0 Å². The second kappa shape index (κ2) is 10.5. The van der Waals surface area contributed by atoms with Gasteiger partial charge in [0.1, 0.15) is 4.83 Å². The van der Waals surface area contributed by atoms with Gasteiger partial charge in [-0.05, 0) is 44.0 Å². The van der Waals surface area contributed by atoms with Gasteiger partial charge in [-0.1, -0.05) is 30.1 Å². The van der Waals surface area contributed by atoms with Crippen molar-refractivity contribution < 1.29 is 9.59 Å². The Morgan fingerprint density at radius 2 is 2.00 bits per heavy atom. The van der Waals surface area contributed by atoms with Gasteiger partial charge in [0.25, 0.3) is 5.56 Å². The molecular weight excluding hydrogens is 471 g/mol. The van der Waals surface area contributed by atoms with E-state index in [4.69, 9.17) is 23.2 Å². The molecule has 0 saturated heterocycles. The number of nitrogens with one attached hydrogen (secondary N) is 1. The van der Waals surface area contributed by atoms with E-state index in [0.29, 0.717) is 38.9 Å². The zero-order chi connectivity index (χ0) is 23.4. The van der Waals surface area contributed by atoms with Crippen molar-refractivity contribution in [3.05, 3.63) is 55.4 Å². The molecule has 0 aliphatic heterocycles. The predicted octanol–water partition coefficient (Wildman–Crippen LogP) is 4.65. The third kappa shape index (κ3) is 5.49. The van der Waals surface area contributed by atoms with E-state index < -0.39 is 0 Å². The van der Waals surface area contributed by atoms with Crippen molar-refractivity contribution in [2.24, 2.45) is 0 Å². The molecule has 2 aromatic heterocycles. The van der Waals surface area contributed by atoms with Gasteiger partial charge in [0.2, 0.25) is 11.8 Å². The number of aromatic nitrogens is 2. The fourth-order valence-electron chi connectivity index (χ4n) is 3.32. The summed E-state index contributed by atoms with van der Waals surface area (Å²) in [4.78, 5) is 45.8. The van der Waals surface area contributed by atoms with Crippen LogP contribution in [-0.4, -0.2) is 39.4 Å². The van der Waals surface area contributed by atoms with E-state index in [-0.39, 0.29) is 36.9 Å². The van der Waals surface area contributed by atoms with Crippen LogP contribution in [0.5, 0.6) is 0 Å². The number of amides is 2. The minimum absolute atomic E-state index is 0.0838. The van der Waals surface area contributed by atoms with Gasteiger partial charge in [-0.15, -0.1) is 11.3 Å². The van der Waals surface area contributed by atoms with Gasteiger partial charge in [-0.25, -0.2) is 4.98 Å². The summed E-state index contributed by atoms with van der Waals surface area (Å²) in [5.74, 6) is -0.593. The van der Waals surface area contributed by atoms with Crippen LogP contribution in [0.25, 0.3) is 10.2 Å². The zero-order valence-electron chi connectivity index (χ0n) is 18.1. The molecule has 2 heterocycles. The Kier molecular flexibility index (Phi) is 7.92. The van der Waals surface area contributed by atoms with E-state index in [0.717, 1.165) is 10.4 Å². The van der Waals surface area contributed by atoms with Gasteiger partial charge < -0.3 is 10.2 Å². The van der Waals surface area contributed by atoms with Crippen molar-refractivity contribution in [3.63, 3.8) is 0 Å². The third-order valence-corrected chi connectivity index (χ3v) is 6.79. The number of fused-ring (bicyclic) bond motifs is 1. The summed E-state index contributed by atoms with van der Waals surface area (Å²) in [5.41, 5.74) is 1.16. The van der Waals surface area contributed by atoms with Gasteiger partial charge in [0, 0.05) is 29.4 Å². The number of benzene rings is 1. The first-order chi connectivity index (χ1) is 15.2. The highest BCUT2D eigenvalue weighted by Crippen LogP contribution is 2.26. The van der Waals surface area contributed by atoms with Crippen LogP contribution in [0, 0.1) is 13.8 Å². The van der Waals surface area contributed by atoms with E-state index in [1.165, 1.54) is 27.1 Å². The number of nitrogens with zero attached hydrogens (tertiary/aromatic N) is 3. The lowest BCUT2D eigenvalue weighted by atomic mass is 10.2. The second-order valence-corrected chi connectivity index (χ2v) is 9.49. The van der Waals surface area contributed by atoms with Crippen LogP contribution in [0.4, 0.5) is 5.69 Å². The molecule has 2 amide bonds. The Balaban J connectivity index is 1.67. The Hall–Kier alpha value is -2.42. The molecule has 0 spiro atoms. The lowest BCUT2D eigenvalue weighted by Gasteiger charge is -2.22. The van der Waals surface area contributed by atoms with Crippen molar-refractivity contribution in [1.82, 2.24) is 14.5 Å². The number of aryl methyl sites for hydroxylation is 3. The number of anilines is 1. The van der Waals surface area contributed by atoms with Crippen molar-refractivity contribution in [1.29, 1.82) is 0 Å². The maximum atomic E-state index is 12.8. The molecule has 0 fully saturated rings. The summed E-state index contributed by atoms with van der Waals surface area (Å²) in [5, 5.41) is 4.10. The molecule has 0 aliphatic carbocycles. The van der Waals surface area contributed by atoms with E-state index in [1.54, 1.807) is 18.2 Å². The molecule has 0 saturated carbocycles. The second-order valence-electron chi connectivity index (χ2n) is 7.44. The van der Waals surface area contributed by atoms with Crippen LogP contribution in [-0.2, 0) is 16.1 Å². The lowest BCUT2D eigenvalue weighted by molar-refractivity contribution is -0.134. The molecule has 1 N–H and O–H groups in total. The first kappa shape index (κ1) is 24.2. The maximum absolute atomic E-state index is 12.8. The number of carbonyl (C=O) groups is 2. The van der Waals surface area contributed by atoms with Crippen LogP contribution >= 0.6 is 34.5 Å². The SMILES string of the molecule is CCCN(CC(=O)Nc1cc(Cl)ccc1Cl)C(=O)CCn1cnc2sc(C)c(C)c2c1=O. The minimum atomic E-state index is -0.374. The number of halogens is 2. The van der Waals surface area contributed by atoms with Crippen molar-refractivity contribution >= 4 is 62.3 Å². The molecule has 10 heteroatoms. The van der Waals surface area contributed by atoms with Gasteiger partial charge >= 0.3 is 0 Å². The molecule has 170 valence electrons. The summed E-state index contributed by atoms with van der Waals surface area (Å²) in [6.07, 6.45) is 2.25. The molecule has 3 aromatic rings. The normalized spacial score (nSPS) is 11.0. The van der Waals surface area contributed by atoms with E-state index in [9.17, 15) is 14.4 Å². The smallest absolute Gasteiger partial charge is 0.262 e. The molecule has 0 radical (unpaired) electrons. The maximum Gasteiger partial charge on any atom is 0.262 e. The van der Waals surface area contributed by atoms with Crippen LogP contribution in [0.15, 0.2) is 29.3 Å². The Morgan fingerprint density at radius 1 is 1.25 bits per heavy atom. The fraction of sp³-hybridized carbons (Fsp3) is 0.364. The molecule has 3 rings (SSSR count). The number of hydrogen-bond acceptors (Lipinski definition) is 5. The molecule has 1 aromatic carbocycles. The molecule has 0 unspecified atom stereocenters. The van der Waals surface area contributed by atoms with Gasteiger partial charge in [-0.2, -0.15) is 0 Å². The van der Waals surface area contributed by atoms with E-state index in [2.05, 4.69) is 10.3 Å². The summed E-state index contributed by atoms with van der Waals surface area (Å²) in [6.45, 7) is 6.28. The van der Waals surface area contributed by atoms with Gasteiger partial charge in [0.05, 0.1) is 29.0 Å². The highest BCUT2D eigenvalue weighted by atomic mass is 35.5. The standard InChI is InChI=1S/C22H24Cl2N4O3S/c1-4-8-27(11-18(29)26-17-10-15(23)5-6-16(17)24)19(30)7-9-28-12-25-21-20(22(28)31)13(2)14(3)32-21/h5-6,10,12H,4,7-9,11H2,1-3H3,(H,26,29). The summed E-state index contributed by atoms with van der Waals surface area (Å²) in [6, 6.07) is 4.77. The van der Waals surface area contributed by atoms with E-state index >= 15 is 0 Å². The monoisotopic (exact) mass is 494 g/mol. The quantitative estimate of drug-likeness (QED) is 0.493. The average molecular weight is 495 g/mol. The number of hydrogen-bond donors (Lipinski definition) is 1. The van der Waals surface area contributed by atoms with Crippen molar-refractivity contribution in [2.75, 3.05) is 18.4 Å². The Bertz CT molecular complexity index is 1220. The van der Waals surface area contributed by atoms with Crippen LogP contribution in [0.1, 0.15) is 30.2 Å². The fourth-order valence-corrected chi connectivity index (χ4v) is 4.65. The first-order valence-electron chi connectivity index (χ1n) is 10.2. The third-order valence-electron chi connectivity index (χ3n) is 5.11. The zero-order valence-corrected chi connectivity index (χ0v) is 20.4. The van der Waals surface area contributed by atoms with Crippen LogP contribution < -0.4 is 10.9 Å². The largest absolute Gasteiger partial charge is 0.333 e. The molecular formula is C22H24Cl2N4O3S. The molecule has 7 nitrogen and oxygen atoms in total. The Labute approximate surface area is 200 Å². The summed E-state index contributed by atoms with van der Waals surface area (Å²) >= 11 is 13.5. The molecule has 32 heavy (non-hydrogen) atoms. The average Bonchev–Trinajstić information content (AvgIpc) is 3.04. The summed E-state index contributed by atoms with van der Waals surface area (Å²) in [7, 11) is 0. The molecule has 0 atom stereocenters. The number of thiophene rings is 1. The summed E-state index contributed by atoms with van der Waals surface area (Å²) < 4.78 is 1.45. The lowest BCUT2D eigenvalue weighted by Crippen LogP contribution is -2.39. The van der Waals surface area contributed by atoms with Crippen molar-refractivity contribution in [2.45, 2.75) is 40.2 Å². The number of carbonyl (C=O) groups excluding carboxylic acids is 2. The van der Waals surface area contributed by atoms with E-state index in [1.807, 2.05) is 20.8 Å². The highest BCUT2D eigenvalue weighted by molar-refractivity contribution is 7.18. The Morgan fingerprint density at radius 3 is 2.72 bits per heavy atom. The van der Waals surface area contributed by atoms with Crippen LogP contribution in [0.3, 0.4) is 0 Å². The molecule has 0 bridgehead atoms. The topological polar surface area (TPSA) is 84.3 Å². The van der Waals surface area contributed by atoms with Crippen molar-refractivity contribution in [3.8, 4) is 0 Å². The minimum Gasteiger partial charge on any atom is -0.333 e. The van der Waals surface area contributed by atoms with Gasteiger partial charge in [-0.3, -0.25) is 19.0 Å². The number of rotatable bonds is 8.